The van der Waals surface area contributed by atoms with E-state index in [0.717, 1.165) is 0 Å². The highest BCUT2D eigenvalue weighted by molar-refractivity contribution is 8.15. The molecular formula is C9H7NO3S. The van der Waals surface area contributed by atoms with Crippen LogP contribution in [0.4, 0.5) is 0 Å². The molecule has 1 aromatic rings. The number of phenols is 2. The fourth-order valence-electron chi connectivity index (χ4n) is 1.11. The SMILES string of the molecule is O=C1CSC(c2ccc(O)c(O)c2)=N1. The van der Waals surface area contributed by atoms with Gasteiger partial charge in [0.1, 0.15) is 5.04 Å². The van der Waals surface area contributed by atoms with Crippen molar-refractivity contribution >= 4 is 22.7 Å². The Morgan fingerprint density at radius 2 is 2.07 bits per heavy atom. The van der Waals surface area contributed by atoms with Crippen LogP contribution in [0.3, 0.4) is 0 Å². The summed E-state index contributed by atoms with van der Waals surface area (Å²) in [6, 6.07) is 4.37. The molecule has 2 N–H and O–H groups in total. The van der Waals surface area contributed by atoms with E-state index >= 15 is 0 Å². The van der Waals surface area contributed by atoms with Crippen molar-refractivity contribution in [3.63, 3.8) is 0 Å². The third-order valence-electron chi connectivity index (χ3n) is 1.78. The van der Waals surface area contributed by atoms with Crippen molar-refractivity contribution in [1.29, 1.82) is 0 Å². The first-order valence-electron chi connectivity index (χ1n) is 3.93. The van der Waals surface area contributed by atoms with E-state index in [-0.39, 0.29) is 17.4 Å². The number of hydrogen-bond acceptors (Lipinski definition) is 4. The van der Waals surface area contributed by atoms with Gasteiger partial charge in [0, 0.05) is 5.56 Å². The fourth-order valence-corrected chi connectivity index (χ4v) is 1.90. The van der Waals surface area contributed by atoms with E-state index in [1.54, 1.807) is 6.07 Å². The third-order valence-corrected chi connectivity index (χ3v) is 2.77. The maximum absolute atomic E-state index is 10.9. The number of thioether (sulfide) groups is 1. The van der Waals surface area contributed by atoms with Crippen LogP contribution in [0.2, 0.25) is 0 Å². The van der Waals surface area contributed by atoms with Gasteiger partial charge in [0.05, 0.1) is 5.75 Å². The summed E-state index contributed by atoms with van der Waals surface area (Å²) in [6.45, 7) is 0. The second-order valence-electron chi connectivity index (χ2n) is 2.80. The Morgan fingerprint density at radius 1 is 1.29 bits per heavy atom. The molecule has 1 aliphatic heterocycles. The van der Waals surface area contributed by atoms with Crippen molar-refractivity contribution in [2.24, 2.45) is 4.99 Å². The molecule has 0 unspecified atom stereocenters. The predicted octanol–water partition coefficient (Wildman–Crippen LogP) is 1.12. The lowest BCUT2D eigenvalue weighted by molar-refractivity contribution is -0.115. The summed E-state index contributed by atoms with van der Waals surface area (Å²) < 4.78 is 0. The number of amides is 1. The van der Waals surface area contributed by atoms with E-state index in [1.165, 1.54) is 23.9 Å². The topological polar surface area (TPSA) is 69.9 Å². The van der Waals surface area contributed by atoms with Gasteiger partial charge in [-0.1, -0.05) is 11.8 Å². The van der Waals surface area contributed by atoms with E-state index in [0.29, 0.717) is 16.4 Å². The molecule has 0 radical (unpaired) electrons. The number of nitrogens with zero attached hydrogens (tertiary/aromatic N) is 1. The molecule has 72 valence electrons. The van der Waals surface area contributed by atoms with Gasteiger partial charge in [-0.3, -0.25) is 4.79 Å². The van der Waals surface area contributed by atoms with Crippen LogP contribution < -0.4 is 0 Å². The van der Waals surface area contributed by atoms with Crippen molar-refractivity contribution in [3.05, 3.63) is 23.8 Å². The standard InChI is InChI=1S/C9H7NO3S/c11-6-2-1-5(3-7(6)12)9-10-8(13)4-14-9/h1-3,11-12H,4H2. The van der Waals surface area contributed by atoms with Crippen LogP contribution in [0.5, 0.6) is 11.5 Å². The largest absolute Gasteiger partial charge is 0.504 e. The molecule has 0 saturated heterocycles. The number of phenolic OH excluding ortho intramolecular Hbond substituents is 2. The number of hydrogen-bond donors (Lipinski definition) is 2. The first kappa shape index (κ1) is 9.08. The third kappa shape index (κ3) is 1.58. The minimum atomic E-state index is -0.204. The van der Waals surface area contributed by atoms with Crippen LogP contribution in [0.1, 0.15) is 5.56 Å². The Hall–Kier alpha value is -1.49. The van der Waals surface area contributed by atoms with Crippen LogP contribution in [0.15, 0.2) is 23.2 Å². The molecule has 5 heteroatoms. The molecular weight excluding hydrogens is 202 g/mol. The smallest absolute Gasteiger partial charge is 0.257 e. The van der Waals surface area contributed by atoms with E-state index in [9.17, 15) is 9.90 Å². The summed E-state index contributed by atoms with van der Waals surface area (Å²) in [6.07, 6.45) is 0. The molecule has 0 aliphatic carbocycles. The van der Waals surface area contributed by atoms with Crippen molar-refractivity contribution in [3.8, 4) is 11.5 Å². The Kier molecular flexibility index (Phi) is 2.17. The Morgan fingerprint density at radius 3 is 2.64 bits per heavy atom. The van der Waals surface area contributed by atoms with Gasteiger partial charge in [-0.2, -0.15) is 0 Å². The monoisotopic (exact) mass is 209 g/mol. The van der Waals surface area contributed by atoms with Crippen LogP contribution in [-0.4, -0.2) is 26.9 Å². The summed E-state index contributed by atoms with van der Waals surface area (Å²) in [5, 5.41) is 18.9. The van der Waals surface area contributed by atoms with Crippen LogP contribution >= 0.6 is 11.8 Å². The zero-order valence-electron chi connectivity index (χ0n) is 7.10. The molecule has 0 atom stereocenters. The summed E-state index contributed by atoms with van der Waals surface area (Å²) >= 11 is 1.33. The molecule has 1 aliphatic rings. The van der Waals surface area contributed by atoms with E-state index in [2.05, 4.69) is 4.99 Å². The number of aromatic hydroxyl groups is 2. The number of rotatable bonds is 1. The predicted molar refractivity (Wildman–Crippen MR) is 53.8 cm³/mol. The molecule has 0 aromatic heterocycles. The second-order valence-corrected chi connectivity index (χ2v) is 3.77. The van der Waals surface area contributed by atoms with Crippen molar-refractivity contribution < 1.29 is 15.0 Å². The lowest BCUT2D eigenvalue weighted by Gasteiger charge is -2.01. The number of carbonyl (C=O) groups excluding carboxylic acids is 1. The zero-order chi connectivity index (χ0) is 10.1. The first-order chi connectivity index (χ1) is 6.66. The summed E-state index contributed by atoms with van der Waals surface area (Å²) in [4.78, 5) is 14.6. The Bertz CT molecular complexity index is 428. The summed E-state index contributed by atoms with van der Waals surface area (Å²) in [5.41, 5.74) is 0.649. The lowest BCUT2D eigenvalue weighted by atomic mass is 10.2. The van der Waals surface area contributed by atoms with Crippen molar-refractivity contribution in [2.45, 2.75) is 0 Å². The van der Waals surface area contributed by atoms with Crippen molar-refractivity contribution in [2.75, 3.05) is 5.75 Å². The lowest BCUT2D eigenvalue weighted by Crippen LogP contribution is -1.90. The van der Waals surface area contributed by atoms with Gasteiger partial charge in [-0.05, 0) is 18.2 Å². The highest BCUT2D eigenvalue weighted by atomic mass is 32.2. The highest BCUT2D eigenvalue weighted by Gasteiger charge is 2.17. The van der Waals surface area contributed by atoms with Crippen LogP contribution in [-0.2, 0) is 4.79 Å². The first-order valence-corrected chi connectivity index (χ1v) is 4.92. The Balaban J connectivity index is 2.38. The maximum atomic E-state index is 10.9. The molecule has 1 heterocycles. The second kappa shape index (κ2) is 3.34. The number of benzene rings is 1. The average Bonchev–Trinajstić information content (AvgIpc) is 2.57. The average molecular weight is 209 g/mol. The van der Waals surface area contributed by atoms with E-state index in [1.807, 2.05) is 0 Å². The zero-order valence-corrected chi connectivity index (χ0v) is 7.91. The van der Waals surface area contributed by atoms with Crippen LogP contribution in [0, 0.1) is 0 Å². The minimum Gasteiger partial charge on any atom is -0.504 e. The minimum absolute atomic E-state index is 0.169. The fraction of sp³-hybridized carbons (Fsp3) is 0.111. The number of carbonyl (C=O) groups is 1. The van der Waals surface area contributed by atoms with Gasteiger partial charge in [0.2, 0.25) is 0 Å². The molecule has 4 nitrogen and oxygen atoms in total. The normalized spacial score (nSPS) is 15.7. The molecule has 14 heavy (non-hydrogen) atoms. The molecule has 2 rings (SSSR count). The van der Waals surface area contributed by atoms with Gasteiger partial charge in [0.15, 0.2) is 11.5 Å². The quantitative estimate of drug-likeness (QED) is 0.680. The molecule has 0 spiro atoms. The molecule has 0 bridgehead atoms. The van der Waals surface area contributed by atoms with Gasteiger partial charge in [0.25, 0.3) is 5.91 Å². The van der Waals surface area contributed by atoms with Gasteiger partial charge < -0.3 is 10.2 Å². The molecule has 1 amide bonds. The maximum Gasteiger partial charge on any atom is 0.257 e. The summed E-state index contributed by atoms with van der Waals surface area (Å²) in [5.74, 6) is -0.205. The van der Waals surface area contributed by atoms with Gasteiger partial charge >= 0.3 is 0 Å². The highest BCUT2D eigenvalue weighted by Crippen LogP contribution is 2.28. The molecule has 0 saturated carbocycles. The summed E-state index contributed by atoms with van der Waals surface area (Å²) in [7, 11) is 0. The molecule has 1 aromatic carbocycles. The Labute approximate surface area is 84.3 Å². The van der Waals surface area contributed by atoms with Gasteiger partial charge in [-0.25, -0.2) is 4.99 Å². The van der Waals surface area contributed by atoms with Crippen LogP contribution in [0.25, 0.3) is 0 Å². The molecule has 0 fully saturated rings. The van der Waals surface area contributed by atoms with Gasteiger partial charge in [-0.15, -0.1) is 0 Å². The number of aliphatic imine (C=N–C) groups is 1. The van der Waals surface area contributed by atoms with E-state index < -0.39 is 0 Å². The van der Waals surface area contributed by atoms with Crippen molar-refractivity contribution in [1.82, 2.24) is 0 Å². The van der Waals surface area contributed by atoms with E-state index in [4.69, 9.17) is 5.11 Å².